The van der Waals surface area contributed by atoms with Crippen molar-refractivity contribution in [2.45, 2.75) is 301 Å². The summed E-state index contributed by atoms with van der Waals surface area (Å²) in [6.45, 7) is 3.77. The molecule has 1 saturated heterocycles. The molecule has 372 valence electrons. The normalized spacial score (nSPS) is 20.3. The van der Waals surface area contributed by atoms with Gasteiger partial charge in [-0.1, -0.05) is 244 Å². The van der Waals surface area contributed by atoms with Crippen LogP contribution in [-0.4, -0.2) is 87.5 Å². The van der Waals surface area contributed by atoms with Gasteiger partial charge in [0.15, 0.2) is 6.29 Å². The van der Waals surface area contributed by atoms with Crippen LogP contribution in [0.1, 0.15) is 258 Å². The van der Waals surface area contributed by atoms with Crippen molar-refractivity contribution < 1.29 is 39.8 Å². The number of aliphatic hydroxyl groups is 5. The minimum Gasteiger partial charge on any atom is -0.394 e. The summed E-state index contributed by atoms with van der Waals surface area (Å²) in [7, 11) is 0. The van der Waals surface area contributed by atoms with Gasteiger partial charge in [-0.3, -0.25) is 4.79 Å². The number of unbranched alkanes of at least 4 members (excludes halogenated alkanes) is 34. The van der Waals surface area contributed by atoms with Crippen molar-refractivity contribution in [1.82, 2.24) is 5.32 Å². The van der Waals surface area contributed by atoms with Crippen LogP contribution in [0.3, 0.4) is 0 Å². The number of rotatable bonds is 46. The molecule has 0 bridgehead atoms. The first-order chi connectivity index (χ1) is 30.8. The number of hydrogen-bond acceptors (Lipinski definition) is 8. The van der Waals surface area contributed by atoms with E-state index in [0.717, 1.165) is 38.5 Å². The molecular formula is C54H103NO8. The standard InChI is InChI=1S/C54H103NO8/c1-3-5-7-9-11-13-15-17-18-19-20-21-22-23-24-25-26-27-28-29-30-31-32-33-35-37-39-41-43-48(57)47(46-62-54-53(61)52(60)51(59)49(45-56)63-54)55-50(58)44-42-40-38-36-34-16-14-12-10-8-6-4-2/h33,35,41,43,47-49,51-54,56-57,59-61H,3-32,34,36-40,42,44-46H2,1-2H3,(H,55,58)/b35-33+,43-41+. The molecule has 6 N–H and O–H groups in total. The SMILES string of the molecule is CCCCCCCCCCCCCCCCCCCCCCCC/C=C/CC/C=C/C(O)C(COC1OC(CO)C(O)C(O)C1O)NC(=O)CCCCCCCCCCCCCC. The van der Waals surface area contributed by atoms with Crippen LogP contribution in [0.25, 0.3) is 0 Å². The highest BCUT2D eigenvalue weighted by atomic mass is 16.7. The maximum absolute atomic E-state index is 13.0. The van der Waals surface area contributed by atoms with Crippen molar-refractivity contribution >= 4 is 5.91 Å². The fourth-order valence-corrected chi connectivity index (χ4v) is 8.70. The summed E-state index contributed by atoms with van der Waals surface area (Å²) >= 11 is 0. The highest BCUT2D eigenvalue weighted by Crippen LogP contribution is 2.23. The van der Waals surface area contributed by atoms with Crippen LogP contribution in [0, 0.1) is 0 Å². The molecule has 0 spiro atoms. The zero-order valence-electron chi connectivity index (χ0n) is 41.1. The van der Waals surface area contributed by atoms with E-state index in [1.165, 1.54) is 199 Å². The molecule has 9 heteroatoms. The Morgan fingerprint density at radius 2 is 0.905 bits per heavy atom. The van der Waals surface area contributed by atoms with E-state index in [0.29, 0.717) is 6.42 Å². The lowest BCUT2D eigenvalue weighted by Gasteiger charge is -2.40. The van der Waals surface area contributed by atoms with E-state index in [2.05, 4.69) is 31.3 Å². The van der Waals surface area contributed by atoms with Gasteiger partial charge in [0.2, 0.25) is 5.91 Å². The van der Waals surface area contributed by atoms with Gasteiger partial charge in [0.25, 0.3) is 0 Å². The second-order valence-corrected chi connectivity index (χ2v) is 19.0. The van der Waals surface area contributed by atoms with Crippen molar-refractivity contribution in [2.24, 2.45) is 0 Å². The van der Waals surface area contributed by atoms with Crippen molar-refractivity contribution in [1.29, 1.82) is 0 Å². The number of ether oxygens (including phenoxy) is 2. The zero-order valence-corrected chi connectivity index (χ0v) is 41.1. The molecule has 7 unspecified atom stereocenters. The molecule has 1 rings (SSSR count). The van der Waals surface area contributed by atoms with Crippen LogP contribution in [0.2, 0.25) is 0 Å². The van der Waals surface area contributed by atoms with Crippen molar-refractivity contribution in [3.8, 4) is 0 Å². The number of carbonyl (C=O) groups is 1. The molecule has 7 atom stereocenters. The van der Waals surface area contributed by atoms with Crippen LogP contribution in [0.15, 0.2) is 24.3 Å². The van der Waals surface area contributed by atoms with E-state index in [4.69, 9.17) is 9.47 Å². The first kappa shape index (κ1) is 59.7. The number of amides is 1. The molecule has 1 aliphatic rings. The molecule has 1 fully saturated rings. The van der Waals surface area contributed by atoms with Crippen molar-refractivity contribution in [2.75, 3.05) is 13.2 Å². The van der Waals surface area contributed by atoms with Gasteiger partial charge in [0.1, 0.15) is 24.4 Å². The minimum absolute atomic E-state index is 0.185. The highest BCUT2D eigenvalue weighted by molar-refractivity contribution is 5.76. The zero-order chi connectivity index (χ0) is 45.9. The van der Waals surface area contributed by atoms with E-state index in [-0.39, 0.29) is 12.5 Å². The van der Waals surface area contributed by atoms with Crippen molar-refractivity contribution in [3.05, 3.63) is 24.3 Å². The summed E-state index contributed by atoms with van der Waals surface area (Å²) in [5, 5.41) is 54.3. The van der Waals surface area contributed by atoms with E-state index < -0.39 is 49.5 Å². The van der Waals surface area contributed by atoms with E-state index in [1.54, 1.807) is 6.08 Å². The van der Waals surface area contributed by atoms with Gasteiger partial charge < -0.3 is 40.3 Å². The van der Waals surface area contributed by atoms with Gasteiger partial charge in [0, 0.05) is 6.42 Å². The Bertz CT molecular complexity index is 1040. The molecule has 0 aliphatic carbocycles. The van der Waals surface area contributed by atoms with Crippen molar-refractivity contribution in [3.63, 3.8) is 0 Å². The molecule has 63 heavy (non-hydrogen) atoms. The Morgan fingerprint density at radius 3 is 1.33 bits per heavy atom. The minimum atomic E-state index is -1.57. The first-order valence-electron chi connectivity index (χ1n) is 27.1. The number of aliphatic hydroxyl groups excluding tert-OH is 5. The summed E-state index contributed by atoms with van der Waals surface area (Å²) in [5.41, 5.74) is 0. The Hall–Kier alpha value is -1.33. The van der Waals surface area contributed by atoms with Crippen LogP contribution in [-0.2, 0) is 14.3 Å². The number of nitrogens with one attached hydrogen (secondary N) is 1. The predicted octanol–water partition coefficient (Wildman–Crippen LogP) is 12.6. The average Bonchev–Trinajstić information content (AvgIpc) is 3.28. The maximum Gasteiger partial charge on any atom is 0.220 e. The number of carbonyl (C=O) groups excluding carboxylic acids is 1. The summed E-state index contributed by atoms with van der Waals surface area (Å²) in [4.78, 5) is 13.0. The van der Waals surface area contributed by atoms with E-state index >= 15 is 0 Å². The average molecular weight is 894 g/mol. The second-order valence-electron chi connectivity index (χ2n) is 19.0. The van der Waals surface area contributed by atoms with Gasteiger partial charge in [-0.05, 0) is 32.1 Å². The third-order valence-corrected chi connectivity index (χ3v) is 13.0. The summed E-state index contributed by atoms with van der Waals surface area (Å²) in [6, 6.07) is -0.817. The third-order valence-electron chi connectivity index (χ3n) is 13.0. The summed E-state index contributed by atoms with van der Waals surface area (Å²) < 4.78 is 11.2. The van der Waals surface area contributed by atoms with Crippen LogP contribution >= 0.6 is 0 Å². The fraction of sp³-hybridized carbons (Fsp3) is 0.907. The first-order valence-corrected chi connectivity index (χ1v) is 27.1. The lowest BCUT2D eigenvalue weighted by Crippen LogP contribution is -2.60. The van der Waals surface area contributed by atoms with Gasteiger partial charge in [-0.2, -0.15) is 0 Å². The third kappa shape index (κ3) is 34.6. The Kier molecular flexibility index (Phi) is 42.2. The summed E-state index contributed by atoms with van der Waals surface area (Å²) in [5.74, 6) is -0.185. The molecule has 1 heterocycles. The fourth-order valence-electron chi connectivity index (χ4n) is 8.70. The largest absolute Gasteiger partial charge is 0.394 e. The van der Waals surface area contributed by atoms with Gasteiger partial charge in [0.05, 0.1) is 25.4 Å². The summed E-state index contributed by atoms with van der Waals surface area (Å²) in [6.07, 6.45) is 48.3. The molecule has 0 aromatic rings. The topological polar surface area (TPSA) is 149 Å². The van der Waals surface area contributed by atoms with Gasteiger partial charge in [-0.15, -0.1) is 0 Å². The quantitative estimate of drug-likeness (QED) is 0.0261. The molecule has 0 aromatic heterocycles. The number of allylic oxidation sites excluding steroid dienone is 3. The number of hydrogen-bond donors (Lipinski definition) is 6. The van der Waals surface area contributed by atoms with Crippen LogP contribution in [0.4, 0.5) is 0 Å². The smallest absolute Gasteiger partial charge is 0.220 e. The monoisotopic (exact) mass is 894 g/mol. The van der Waals surface area contributed by atoms with E-state index in [9.17, 15) is 30.3 Å². The Labute approximate surface area is 388 Å². The second kappa shape index (κ2) is 44.5. The molecule has 9 nitrogen and oxygen atoms in total. The Balaban J connectivity index is 2.21. The lowest BCUT2D eigenvalue weighted by molar-refractivity contribution is -0.302. The Morgan fingerprint density at radius 1 is 0.524 bits per heavy atom. The van der Waals surface area contributed by atoms with Gasteiger partial charge in [-0.25, -0.2) is 0 Å². The van der Waals surface area contributed by atoms with E-state index in [1.807, 2.05) is 6.08 Å². The maximum atomic E-state index is 13.0. The molecule has 1 aliphatic heterocycles. The molecule has 1 amide bonds. The van der Waals surface area contributed by atoms with Crippen LogP contribution < -0.4 is 5.32 Å². The predicted molar refractivity (Wildman–Crippen MR) is 263 cm³/mol. The van der Waals surface area contributed by atoms with Crippen LogP contribution in [0.5, 0.6) is 0 Å². The van der Waals surface area contributed by atoms with Gasteiger partial charge >= 0.3 is 0 Å². The molecule has 0 saturated carbocycles. The molecular weight excluding hydrogens is 791 g/mol. The highest BCUT2D eigenvalue weighted by Gasteiger charge is 2.44. The molecule has 0 aromatic carbocycles. The lowest BCUT2D eigenvalue weighted by atomic mass is 9.99. The molecule has 0 radical (unpaired) electrons.